The Balaban J connectivity index is 1.62. The molecule has 0 saturated carbocycles. The molecule has 3 aromatic rings. The van der Waals surface area contributed by atoms with Crippen LogP contribution in [0.25, 0.3) is 0 Å². The Kier molecular flexibility index (Phi) is 5.06. The van der Waals surface area contributed by atoms with E-state index in [9.17, 15) is 4.39 Å². The summed E-state index contributed by atoms with van der Waals surface area (Å²) < 4.78 is 12.9. The van der Waals surface area contributed by atoms with Gasteiger partial charge in [-0.15, -0.1) is 0 Å². The number of hydrogen-bond donors (Lipinski definition) is 2. The van der Waals surface area contributed by atoms with Gasteiger partial charge in [0.1, 0.15) is 11.6 Å². The van der Waals surface area contributed by atoms with Crippen molar-refractivity contribution in [1.82, 2.24) is 4.98 Å². The molecule has 1 aromatic heterocycles. The summed E-state index contributed by atoms with van der Waals surface area (Å²) in [6.07, 6.45) is 1.77. The maximum absolute atomic E-state index is 12.9. The fourth-order valence-corrected chi connectivity index (χ4v) is 2.47. The van der Waals surface area contributed by atoms with E-state index in [4.69, 9.17) is 0 Å². The molecule has 24 heavy (non-hydrogen) atoms. The molecule has 0 unspecified atom stereocenters. The lowest BCUT2D eigenvalue weighted by atomic mass is 10.1. The van der Waals surface area contributed by atoms with Crippen LogP contribution in [0.4, 0.5) is 15.9 Å². The predicted octanol–water partition coefficient (Wildman–Crippen LogP) is 5.01. The highest BCUT2D eigenvalue weighted by Gasteiger charge is 2.05. The smallest absolute Gasteiger partial charge is 0.128 e. The maximum Gasteiger partial charge on any atom is 0.128 e. The lowest BCUT2D eigenvalue weighted by molar-refractivity contribution is 0.627. The number of rotatable bonds is 6. The second-order valence-corrected chi connectivity index (χ2v) is 5.69. The van der Waals surface area contributed by atoms with Gasteiger partial charge in [-0.1, -0.05) is 42.5 Å². The maximum atomic E-state index is 12.9. The van der Waals surface area contributed by atoms with Crippen LogP contribution in [-0.4, -0.2) is 4.98 Å². The van der Waals surface area contributed by atoms with Gasteiger partial charge in [0.15, 0.2) is 0 Å². The average Bonchev–Trinajstić information content (AvgIpc) is 2.62. The van der Waals surface area contributed by atoms with E-state index >= 15 is 0 Å². The van der Waals surface area contributed by atoms with Gasteiger partial charge in [-0.2, -0.15) is 0 Å². The zero-order chi connectivity index (χ0) is 16.8. The van der Waals surface area contributed by atoms with Crippen LogP contribution >= 0.6 is 0 Å². The Morgan fingerprint density at radius 1 is 1.00 bits per heavy atom. The monoisotopic (exact) mass is 321 g/mol. The molecule has 0 spiro atoms. The van der Waals surface area contributed by atoms with E-state index in [0.29, 0.717) is 6.54 Å². The zero-order valence-corrected chi connectivity index (χ0v) is 13.5. The minimum absolute atomic E-state index is 0.172. The standard InChI is InChI=1S/C20H20FN3/c1-15(17-5-3-2-4-6-17)24-20-13-19(11-12-22-20)23-14-16-7-9-18(21)10-8-16/h2-13,15H,14H2,1H3,(H2,22,23,24)/t15-/m0/s1. The number of benzene rings is 2. The highest BCUT2D eigenvalue weighted by molar-refractivity contribution is 5.53. The number of pyridine rings is 1. The van der Waals surface area contributed by atoms with Crippen molar-refractivity contribution in [2.45, 2.75) is 19.5 Å². The number of nitrogens with one attached hydrogen (secondary N) is 2. The quantitative estimate of drug-likeness (QED) is 0.670. The number of nitrogens with zero attached hydrogens (tertiary/aromatic N) is 1. The minimum atomic E-state index is -0.218. The van der Waals surface area contributed by atoms with Crippen LogP contribution < -0.4 is 10.6 Å². The summed E-state index contributed by atoms with van der Waals surface area (Å²) in [4.78, 5) is 4.37. The molecule has 4 heteroatoms. The summed E-state index contributed by atoms with van der Waals surface area (Å²) in [5.41, 5.74) is 3.21. The second kappa shape index (κ2) is 7.59. The third-order valence-corrected chi connectivity index (χ3v) is 3.83. The molecular weight excluding hydrogens is 301 g/mol. The second-order valence-electron chi connectivity index (χ2n) is 5.69. The van der Waals surface area contributed by atoms with Crippen LogP contribution in [0.2, 0.25) is 0 Å². The molecule has 0 radical (unpaired) electrons. The van der Waals surface area contributed by atoms with Gasteiger partial charge in [0.2, 0.25) is 0 Å². The summed E-state index contributed by atoms with van der Waals surface area (Å²) in [6.45, 7) is 2.74. The normalized spacial score (nSPS) is 11.8. The Bertz CT molecular complexity index is 772. The topological polar surface area (TPSA) is 37.0 Å². The van der Waals surface area contributed by atoms with Crippen LogP contribution in [0, 0.1) is 5.82 Å². The van der Waals surface area contributed by atoms with E-state index in [2.05, 4.69) is 34.7 Å². The highest BCUT2D eigenvalue weighted by atomic mass is 19.1. The van der Waals surface area contributed by atoms with Gasteiger partial charge in [-0.3, -0.25) is 0 Å². The first-order valence-electron chi connectivity index (χ1n) is 7.96. The Labute approximate surface area is 141 Å². The predicted molar refractivity (Wildman–Crippen MR) is 96.4 cm³/mol. The first kappa shape index (κ1) is 16.0. The first-order chi connectivity index (χ1) is 11.7. The summed E-state index contributed by atoms with van der Waals surface area (Å²) in [5.74, 6) is 0.597. The Morgan fingerprint density at radius 3 is 2.50 bits per heavy atom. The molecule has 2 N–H and O–H groups in total. The van der Waals surface area contributed by atoms with Crippen molar-refractivity contribution in [2.24, 2.45) is 0 Å². The summed E-state index contributed by atoms with van der Waals surface area (Å²) in [7, 11) is 0. The molecule has 3 rings (SSSR count). The van der Waals surface area contributed by atoms with Crippen LogP contribution in [0.3, 0.4) is 0 Å². The number of halogens is 1. The molecule has 1 atom stereocenters. The Morgan fingerprint density at radius 2 is 1.75 bits per heavy atom. The molecule has 1 heterocycles. The minimum Gasteiger partial charge on any atom is -0.381 e. The highest BCUT2D eigenvalue weighted by Crippen LogP contribution is 2.20. The van der Waals surface area contributed by atoms with Crippen molar-refractivity contribution in [2.75, 3.05) is 10.6 Å². The van der Waals surface area contributed by atoms with Gasteiger partial charge >= 0.3 is 0 Å². The van der Waals surface area contributed by atoms with Crippen LogP contribution in [0.1, 0.15) is 24.1 Å². The largest absolute Gasteiger partial charge is 0.381 e. The number of aromatic nitrogens is 1. The van der Waals surface area contributed by atoms with E-state index in [-0.39, 0.29) is 11.9 Å². The van der Waals surface area contributed by atoms with Crippen molar-refractivity contribution < 1.29 is 4.39 Å². The lowest BCUT2D eigenvalue weighted by Gasteiger charge is -2.16. The summed E-state index contributed by atoms with van der Waals surface area (Å²) in [6, 6.07) is 20.8. The SMILES string of the molecule is C[C@H](Nc1cc(NCc2ccc(F)cc2)ccn1)c1ccccc1. The van der Waals surface area contributed by atoms with Gasteiger partial charge < -0.3 is 10.6 Å². The van der Waals surface area contributed by atoms with Gasteiger partial charge in [0.05, 0.1) is 0 Å². The Hall–Kier alpha value is -2.88. The fraction of sp³-hybridized carbons (Fsp3) is 0.150. The lowest BCUT2D eigenvalue weighted by Crippen LogP contribution is -2.08. The van der Waals surface area contributed by atoms with Gasteiger partial charge in [-0.25, -0.2) is 9.37 Å². The van der Waals surface area contributed by atoms with E-state index in [1.165, 1.54) is 17.7 Å². The van der Waals surface area contributed by atoms with Gasteiger partial charge in [-0.05, 0) is 36.2 Å². The molecule has 3 nitrogen and oxygen atoms in total. The van der Waals surface area contributed by atoms with Crippen molar-refractivity contribution in [3.63, 3.8) is 0 Å². The molecule has 0 fully saturated rings. The van der Waals surface area contributed by atoms with E-state index in [1.54, 1.807) is 18.3 Å². The fourth-order valence-electron chi connectivity index (χ4n) is 2.47. The summed E-state index contributed by atoms with van der Waals surface area (Å²) in [5, 5.41) is 6.73. The average molecular weight is 321 g/mol. The van der Waals surface area contributed by atoms with Crippen molar-refractivity contribution in [3.05, 3.63) is 89.9 Å². The molecule has 0 saturated heterocycles. The first-order valence-corrected chi connectivity index (χ1v) is 7.96. The molecular formula is C20H20FN3. The number of anilines is 2. The van der Waals surface area contributed by atoms with Crippen LogP contribution in [0.5, 0.6) is 0 Å². The molecule has 2 aromatic carbocycles. The third kappa shape index (κ3) is 4.32. The summed E-state index contributed by atoms with van der Waals surface area (Å²) >= 11 is 0. The van der Waals surface area contributed by atoms with Crippen molar-refractivity contribution in [3.8, 4) is 0 Å². The molecule has 122 valence electrons. The van der Waals surface area contributed by atoms with Crippen molar-refractivity contribution in [1.29, 1.82) is 0 Å². The molecule has 0 aliphatic heterocycles. The molecule has 0 bridgehead atoms. The van der Waals surface area contributed by atoms with Crippen molar-refractivity contribution >= 4 is 11.5 Å². The van der Waals surface area contributed by atoms with Crippen LogP contribution in [0.15, 0.2) is 72.9 Å². The van der Waals surface area contributed by atoms with Crippen LogP contribution in [-0.2, 0) is 6.54 Å². The zero-order valence-electron chi connectivity index (χ0n) is 13.5. The van der Waals surface area contributed by atoms with E-state index in [0.717, 1.165) is 17.1 Å². The van der Waals surface area contributed by atoms with Gasteiger partial charge in [0, 0.05) is 30.5 Å². The third-order valence-electron chi connectivity index (χ3n) is 3.83. The van der Waals surface area contributed by atoms with Gasteiger partial charge in [0.25, 0.3) is 0 Å². The molecule has 0 amide bonds. The van der Waals surface area contributed by atoms with E-state index in [1.807, 2.05) is 30.3 Å². The molecule has 0 aliphatic carbocycles. The number of hydrogen-bond acceptors (Lipinski definition) is 3. The van der Waals surface area contributed by atoms with E-state index < -0.39 is 0 Å². The molecule has 0 aliphatic rings.